The van der Waals surface area contributed by atoms with E-state index in [4.69, 9.17) is 0 Å². The normalized spacial score (nSPS) is 12.2. The molecule has 0 atom stereocenters. The molecule has 0 aliphatic heterocycles. The number of aryl methyl sites for hydroxylation is 1. The van der Waals surface area contributed by atoms with E-state index in [1.807, 2.05) is 18.2 Å². The van der Waals surface area contributed by atoms with Crippen LogP contribution in [0.2, 0.25) is 0 Å². The molecule has 0 radical (unpaired) electrons. The van der Waals surface area contributed by atoms with Gasteiger partial charge in [-0.3, -0.25) is 0 Å². The van der Waals surface area contributed by atoms with E-state index in [2.05, 4.69) is 142 Å². The van der Waals surface area contributed by atoms with Crippen molar-refractivity contribution in [1.82, 2.24) is 0 Å². The van der Waals surface area contributed by atoms with E-state index in [9.17, 15) is 0 Å². The Hall–Kier alpha value is -3.90. The van der Waals surface area contributed by atoms with E-state index in [1.54, 1.807) is 0 Å². The van der Waals surface area contributed by atoms with Gasteiger partial charge in [0.1, 0.15) is 0 Å². The van der Waals surface area contributed by atoms with Crippen LogP contribution in [0.15, 0.2) is 140 Å². The average Bonchev–Trinajstić information content (AvgIpc) is 3.22. The van der Waals surface area contributed by atoms with Gasteiger partial charge in [-0.05, 0) is 40.3 Å². The van der Waals surface area contributed by atoms with Crippen molar-refractivity contribution in [1.29, 1.82) is 0 Å². The zero-order valence-electron chi connectivity index (χ0n) is 21.0. The number of rotatable bonds is 2. The van der Waals surface area contributed by atoms with Gasteiger partial charge in [0.15, 0.2) is 0 Å². The second kappa shape index (κ2) is 11.5. The van der Waals surface area contributed by atoms with Crippen molar-refractivity contribution in [2.24, 2.45) is 0 Å². The minimum absolute atomic E-state index is 0.254. The van der Waals surface area contributed by atoms with Crippen molar-refractivity contribution >= 4 is 0 Å². The standard InChI is InChI=1S/C25H18.C7H8.C3H8/c1-3-11-19(12-4-1)25(20-13-5-2-6-14-20)23-17-9-7-15-21(23)22-16-8-10-18-24(22)25;1-7-5-3-2-4-6-7;1-3-2/h1-18H;2-6H,1H3;3H2,1-2H3. The van der Waals surface area contributed by atoms with Gasteiger partial charge >= 0.3 is 0 Å². The van der Waals surface area contributed by atoms with Crippen molar-refractivity contribution in [3.8, 4) is 11.1 Å². The Kier molecular flexibility index (Phi) is 7.95. The van der Waals surface area contributed by atoms with Crippen LogP contribution in [0, 0.1) is 6.92 Å². The van der Waals surface area contributed by atoms with Gasteiger partial charge in [-0.15, -0.1) is 0 Å². The largest absolute Gasteiger partial charge is 0.0713 e. The summed E-state index contributed by atoms with van der Waals surface area (Å²) >= 11 is 0. The van der Waals surface area contributed by atoms with Gasteiger partial charge < -0.3 is 0 Å². The summed E-state index contributed by atoms with van der Waals surface area (Å²) in [5, 5.41) is 0. The van der Waals surface area contributed by atoms with Crippen molar-refractivity contribution in [3.05, 3.63) is 167 Å². The highest BCUT2D eigenvalue weighted by molar-refractivity contribution is 5.86. The highest BCUT2D eigenvalue weighted by Crippen LogP contribution is 2.55. The Morgan fingerprint density at radius 3 is 1.09 bits per heavy atom. The molecule has 6 rings (SSSR count). The summed E-state index contributed by atoms with van der Waals surface area (Å²) in [5.41, 5.74) is 9.12. The van der Waals surface area contributed by atoms with Gasteiger partial charge in [0.25, 0.3) is 0 Å². The molecule has 5 aromatic rings. The number of hydrogen-bond donors (Lipinski definition) is 0. The van der Waals surface area contributed by atoms with Crippen LogP contribution in [0.5, 0.6) is 0 Å². The van der Waals surface area contributed by atoms with Gasteiger partial charge in [0, 0.05) is 0 Å². The van der Waals surface area contributed by atoms with Crippen LogP contribution in [-0.2, 0) is 5.41 Å². The molecule has 1 aliphatic rings. The molecule has 0 nitrogen and oxygen atoms in total. The third-order valence-electron chi connectivity index (χ3n) is 6.31. The molecule has 35 heavy (non-hydrogen) atoms. The molecule has 0 spiro atoms. The highest BCUT2D eigenvalue weighted by Gasteiger charge is 2.45. The first-order chi connectivity index (χ1) is 17.2. The van der Waals surface area contributed by atoms with E-state index >= 15 is 0 Å². The lowest BCUT2D eigenvalue weighted by Gasteiger charge is -2.33. The van der Waals surface area contributed by atoms with Crippen LogP contribution in [-0.4, -0.2) is 0 Å². The molecule has 0 fully saturated rings. The molecule has 0 amide bonds. The minimum Gasteiger partial charge on any atom is -0.0656 e. The maximum Gasteiger partial charge on any atom is 0.0713 e. The smallest absolute Gasteiger partial charge is 0.0656 e. The van der Waals surface area contributed by atoms with E-state index in [-0.39, 0.29) is 5.41 Å². The van der Waals surface area contributed by atoms with Crippen LogP contribution < -0.4 is 0 Å². The van der Waals surface area contributed by atoms with E-state index in [0.717, 1.165) is 0 Å². The second-order valence-corrected chi connectivity index (χ2v) is 8.94. The molecular weight excluding hydrogens is 420 g/mol. The summed E-state index contributed by atoms with van der Waals surface area (Å²) in [6.45, 7) is 6.33. The van der Waals surface area contributed by atoms with Crippen LogP contribution in [0.25, 0.3) is 11.1 Å². The molecule has 0 saturated carbocycles. The lowest BCUT2D eigenvalue weighted by Crippen LogP contribution is -2.28. The maximum absolute atomic E-state index is 2.29. The van der Waals surface area contributed by atoms with Crippen molar-refractivity contribution in [2.75, 3.05) is 0 Å². The Morgan fingerprint density at radius 2 is 0.743 bits per heavy atom. The SMILES string of the molecule is CCC.Cc1ccccc1.c1ccc(C2(c3ccccc3)c3ccccc3-c3ccccc32)cc1. The predicted octanol–water partition coefficient (Wildman–Crippen LogP) is 9.46. The molecule has 0 N–H and O–H groups in total. The first kappa shape index (κ1) is 24.2. The highest BCUT2D eigenvalue weighted by atomic mass is 14.5. The quantitative estimate of drug-likeness (QED) is 0.244. The van der Waals surface area contributed by atoms with Gasteiger partial charge in [0.2, 0.25) is 0 Å². The Morgan fingerprint density at radius 1 is 0.429 bits per heavy atom. The number of hydrogen-bond acceptors (Lipinski definition) is 0. The first-order valence-corrected chi connectivity index (χ1v) is 12.6. The fourth-order valence-corrected chi connectivity index (χ4v) is 4.93. The molecule has 5 aromatic carbocycles. The lowest BCUT2D eigenvalue weighted by molar-refractivity contribution is 0.768. The summed E-state index contributed by atoms with van der Waals surface area (Å²) in [7, 11) is 0. The maximum atomic E-state index is 2.29. The van der Waals surface area contributed by atoms with Gasteiger partial charge in [0.05, 0.1) is 5.41 Å². The van der Waals surface area contributed by atoms with Gasteiger partial charge in [-0.25, -0.2) is 0 Å². The second-order valence-electron chi connectivity index (χ2n) is 8.94. The molecule has 0 aromatic heterocycles. The Bertz CT molecular complexity index is 1230. The topological polar surface area (TPSA) is 0 Å². The van der Waals surface area contributed by atoms with Crippen LogP contribution >= 0.6 is 0 Å². The van der Waals surface area contributed by atoms with E-state index in [0.29, 0.717) is 0 Å². The molecule has 0 heteroatoms. The van der Waals surface area contributed by atoms with Gasteiger partial charge in [-0.2, -0.15) is 0 Å². The van der Waals surface area contributed by atoms with Gasteiger partial charge in [-0.1, -0.05) is 165 Å². The third-order valence-corrected chi connectivity index (χ3v) is 6.31. The molecule has 0 heterocycles. The van der Waals surface area contributed by atoms with E-state index in [1.165, 1.54) is 45.4 Å². The van der Waals surface area contributed by atoms with Crippen molar-refractivity contribution in [3.63, 3.8) is 0 Å². The summed E-state index contributed by atoms with van der Waals surface area (Å²) in [4.78, 5) is 0. The molecule has 1 aliphatic carbocycles. The van der Waals surface area contributed by atoms with Crippen LogP contribution in [0.3, 0.4) is 0 Å². The van der Waals surface area contributed by atoms with Crippen molar-refractivity contribution < 1.29 is 0 Å². The molecule has 0 unspecified atom stereocenters. The monoisotopic (exact) mass is 454 g/mol. The minimum atomic E-state index is -0.254. The average molecular weight is 455 g/mol. The fourth-order valence-electron chi connectivity index (χ4n) is 4.93. The molecular formula is C35H34. The zero-order valence-corrected chi connectivity index (χ0v) is 21.0. The summed E-state index contributed by atoms with van der Waals surface area (Å²) in [6.07, 6.45) is 1.25. The van der Waals surface area contributed by atoms with E-state index < -0.39 is 0 Å². The Labute approximate surface area is 210 Å². The fraction of sp³-hybridized carbons (Fsp3) is 0.143. The molecule has 0 bridgehead atoms. The zero-order chi connectivity index (χ0) is 24.5. The molecule has 0 saturated heterocycles. The summed E-state index contributed by atoms with van der Waals surface area (Å²) in [5.74, 6) is 0. The number of fused-ring (bicyclic) bond motifs is 3. The lowest BCUT2D eigenvalue weighted by atomic mass is 9.68. The Balaban J connectivity index is 0.000000244. The summed E-state index contributed by atoms with van der Waals surface area (Å²) < 4.78 is 0. The van der Waals surface area contributed by atoms with Crippen LogP contribution in [0.4, 0.5) is 0 Å². The summed E-state index contributed by atoms with van der Waals surface area (Å²) in [6, 6.07) is 49.7. The predicted molar refractivity (Wildman–Crippen MR) is 151 cm³/mol. The number of benzene rings is 5. The molecule has 174 valence electrons. The van der Waals surface area contributed by atoms with Crippen molar-refractivity contribution in [2.45, 2.75) is 32.6 Å². The third kappa shape index (κ3) is 4.84. The first-order valence-electron chi connectivity index (χ1n) is 12.6. The van der Waals surface area contributed by atoms with Crippen LogP contribution in [0.1, 0.15) is 48.1 Å².